The van der Waals surface area contributed by atoms with Gasteiger partial charge in [-0.3, -0.25) is 4.99 Å². The third kappa shape index (κ3) is 8.06. The van der Waals surface area contributed by atoms with Crippen LogP contribution in [0.3, 0.4) is 0 Å². The summed E-state index contributed by atoms with van der Waals surface area (Å²) in [5.41, 5.74) is 1.47. The van der Waals surface area contributed by atoms with Gasteiger partial charge in [0, 0.05) is 32.2 Å². The highest BCUT2D eigenvalue weighted by Gasteiger charge is 2.10. The number of ether oxygens (including phenoxy) is 1. The Hall–Kier alpha value is -1.94. The molecule has 0 bridgehead atoms. The maximum Gasteiger partial charge on any atom is 0.387 e. The van der Waals surface area contributed by atoms with Crippen molar-refractivity contribution >= 4 is 16.0 Å². The van der Waals surface area contributed by atoms with E-state index in [9.17, 15) is 17.2 Å². The number of benzene rings is 1. The molecule has 0 radical (unpaired) electrons. The normalized spacial score (nSPS) is 12.3. The fourth-order valence-corrected chi connectivity index (χ4v) is 2.35. The Morgan fingerprint density at radius 2 is 2.00 bits per heavy atom. The van der Waals surface area contributed by atoms with E-state index < -0.39 is 16.6 Å². The van der Waals surface area contributed by atoms with Crippen molar-refractivity contribution in [3.8, 4) is 5.75 Å². The highest BCUT2D eigenvalue weighted by molar-refractivity contribution is 7.88. The van der Waals surface area contributed by atoms with Crippen molar-refractivity contribution in [2.75, 3.05) is 26.4 Å². The minimum atomic E-state index is -3.24. The van der Waals surface area contributed by atoms with Gasteiger partial charge >= 0.3 is 6.61 Å². The molecule has 0 amide bonds. The van der Waals surface area contributed by atoms with Crippen LogP contribution in [-0.2, 0) is 16.6 Å². The van der Waals surface area contributed by atoms with Crippen LogP contribution in [-0.4, -0.2) is 47.4 Å². The number of alkyl halides is 2. The maximum absolute atomic E-state index is 12.4. The number of nitrogens with one attached hydrogen (secondary N) is 3. The molecule has 0 heterocycles. The minimum Gasteiger partial charge on any atom is -0.434 e. The number of guanidine groups is 1. The van der Waals surface area contributed by atoms with E-state index in [1.807, 2.05) is 6.92 Å². The van der Waals surface area contributed by atoms with Gasteiger partial charge in [-0.05, 0) is 13.0 Å². The van der Waals surface area contributed by atoms with Gasteiger partial charge < -0.3 is 15.4 Å². The molecule has 0 aliphatic heterocycles. The van der Waals surface area contributed by atoms with Gasteiger partial charge in [0.2, 0.25) is 10.0 Å². The molecule has 0 saturated carbocycles. The minimum absolute atomic E-state index is 0.0947. The molecule has 0 spiro atoms. The summed E-state index contributed by atoms with van der Waals surface area (Å²) in [6, 6.07) is 4.92. The van der Waals surface area contributed by atoms with Crippen molar-refractivity contribution in [1.82, 2.24) is 15.4 Å². The molecule has 0 saturated heterocycles. The number of halogens is 2. The van der Waals surface area contributed by atoms with Crippen molar-refractivity contribution < 1.29 is 21.9 Å². The summed E-state index contributed by atoms with van der Waals surface area (Å²) >= 11 is 0. The van der Waals surface area contributed by atoms with Crippen LogP contribution in [0.25, 0.3) is 0 Å². The van der Waals surface area contributed by atoms with Gasteiger partial charge in [-0.25, -0.2) is 13.1 Å². The van der Waals surface area contributed by atoms with E-state index in [1.165, 1.54) is 6.07 Å². The van der Waals surface area contributed by atoms with Crippen LogP contribution >= 0.6 is 0 Å². The zero-order chi connectivity index (χ0) is 18.2. The summed E-state index contributed by atoms with van der Waals surface area (Å²) in [5, 5.41) is 5.87. The monoisotopic (exact) mass is 364 g/mol. The van der Waals surface area contributed by atoms with Crippen LogP contribution in [0.5, 0.6) is 5.75 Å². The van der Waals surface area contributed by atoms with Crippen molar-refractivity contribution in [3.63, 3.8) is 0 Å². The zero-order valence-electron chi connectivity index (χ0n) is 13.8. The Morgan fingerprint density at radius 1 is 1.29 bits per heavy atom. The van der Waals surface area contributed by atoms with Gasteiger partial charge in [-0.1, -0.05) is 17.7 Å². The Kier molecular flexibility index (Phi) is 7.86. The molecule has 7 nitrogen and oxygen atoms in total. The maximum atomic E-state index is 12.4. The lowest BCUT2D eigenvalue weighted by atomic mass is 10.1. The third-order valence-electron chi connectivity index (χ3n) is 2.88. The summed E-state index contributed by atoms with van der Waals surface area (Å²) in [7, 11) is -1.70. The fraction of sp³-hybridized carbons (Fsp3) is 0.500. The van der Waals surface area contributed by atoms with Gasteiger partial charge in [0.05, 0.1) is 6.26 Å². The molecule has 3 N–H and O–H groups in total. The number of rotatable bonds is 8. The molecule has 0 aliphatic carbocycles. The molecule has 0 aliphatic rings. The lowest BCUT2D eigenvalue weighted by Gasteiger charge is -2.15. The summed E-state index contributed by atoms with van der Waals surface area (Å²) in [4.78, 5) is 3.98. The molecular weight excluding hydrogens is 342 g/mol. The highest BCUT2D eigenvalue weighted by atomic mass is 32.2. The van der Waals surface area contributed by atoms with E-state index in [4.69, 9.17) is 0 Å². The number of hydrogen-bond acceptors (Lipinski definition) is 4. The summed E-state index contributed by atoms with van der Waals surface area (Å²) < 4.78 is 53.6. The van der Waals surface area contributed by atoms with Gasteiger partial charge in [0.1, 0.15) is 5.75 Å². The Bertz CT molecular complexity index is 666. The number of hydrogen-bond donors (Lipinski definition) is 3. The van der Waals surface area contributed by atoms with Crippen molar-refractivity contribution in [2.45, 2.75) is 20.1 Å². The number of sulfonamides is 1. The first kappa shape index (κ1) is 20.1. The molecule has 1 aromatic rings. The second kappa shape index (κ2) is 9.38. The number of aryl methyl sites for hydroxylation is 1. The van der Waals surface area contributed by atoms with Crippen molar-refractivity contribution in [3.05, 3.63) is 29.3 Å². The topological polar surface area (TPSA) is 91.8 Å². The summed E-state index contributed by atoms with van der Waals surface area (Å²) in [6.07, 6.45) is 1.07. The number of aliphatic imine (C=N–C) groups is 1. The molecule has 0 fully saturated rings. The predicted molar refractivity (Wildman–Crippen MR) is 88.9 cm³/mol. The Balaban J connectivity index is 2.58. The zero-order valence-corrected chi connectivity index (χ0v) is 14.6. The molecule has 10 heteroatoms. The third-order valence-corrected chi connectivity index (χ3v) is 3.61. The van der Waals surface area contributed by atoms with Crippen LogP contribution in [0.4, 0.5) is 8.78 Å². The SMILES string of the molecule is CN=C(NCCNS(C)(=O)=O)NCc1cc(C)ccc1OC(F)F. The molecule has 24 heavy (non-hydrogen) atoms. The fourth-order valence-electron chi connectivity index (χ4n) is 1.87. The van der Waals surface area contributed by atoms with E-state index in [1.54, 1.807) is 19.2 Å². The van der Waals surface area contributed by atoms with Gasteiger partial charge in [-0.15, -0.1) is 0 Å². The van der Waals surface area contributed by atoms with Gasteiger partial charge in [0.15, 0.2) is 5.96 Å². The summed E-state index contributed by atoms with van der Waals surface area (Å²) in [5.74, 6) is 0.507. The van der Waals surface area contributed by atoms with Crippen LogP contribution in [0.1, 0.15) is 11.1 Å². The standard InChI is InChI=1S/C14H22F2N4O3S/c1-10-4-5-12(23-13(15)16)11(8-10)9-19-14(17-2)18-6-7-20-24(3,21)22/h4-5,8,13,20H,6-7,9H2,1-3H3,(H2,17,18,19). The predicted octanol–water partition coefficient (Wildman–Crippen LogP) is 0.811. The molecule has 1 rings (SSSR count). The van der Waals surface area contributed by atoms with Gasteiger partial charge in [-0.2, -0.15) is 8.78 Å². The second-order valence-electron chi connectivity index (χ2n) is 5.01. The average molecular weight is 364 g/mol. The Morgan fingerprint density at radius 3 is 2.58 bits per heavy atom. The summed E-state index contributed by atoms with van der Waals surface area (Å²) in [6.45, 7) is -0.307. The molecular formula is C14H22F2N4O3S. The lowest BCUT2D eigenvalue weighted by molar-refractivity contribution is -0.0504. The Labute approximate surface area is 140 Å². The van der Waals surface area contributed by atoms with E-state index in [0.29, 0.717) is 18.1 Å². The van der Waals surface area contributed by atoms with Crippen molar-refractivity contribution in [1.29, 1.82) is 0 Å². The highest BCUT2D eigenvalue weighted by Crippen LogP contribution is 2.21. The number of nitrogens with zero attached hydrogens (tertiary/aromatic N) is 1. The van der Waals surface area contributed by atoms with E-state index >= 15 is 0 Å². The molecule has 136 valence electrons. The van der Waals surface area contributed by atoms with Crippen LogP contribution in [0, 0.1) is 6.92 Å². The average Bonchev–Trinajstić information content (AvgIpc) is 2.47. The largest absolute Gasteiger partial charge is 0.434 e. The van der Waals surface area contributed by atoms with Gasteiger partial charge in [0.25, 0.3) is 0 Å². The van der Waals surface area contributed by atoms with Crippen LogP contribution in [0.2, 0.25) is 0 Å². The lowest BCUT2D eigenvalue weighted by Crippen LogP contribution is -2.41. The molecule has 0 atom stereocenters. The quantitative estimate of drug-likeness (QED) is 0.361. The first-order valence-electron chi connectivity index (χ1n) is 7.15. The van der Waals surface area contributed by atoms with E-state index in [0.717, 1.165) is 11.8 Å². The van der Waals surface area contributed by atoms with E-state index in [-0.39, 0.29) is 18.8 Å². The van der Waals surface area contributed by atoms with Crippen LogP contribution < -0.4 is 20.1 Å². The van der Waals surface area contributed by atoms with Crippen LogP contribution in [0.15, 0.2) is 23.2 Å². The van der Waals surface area contributed by atoms with E-state index in [2.05, 4.69) is 25.1 Å². The first-order chi connectivity index (χ1) is 11.2. The molecule has 0 unspecified atom stereocenters. The molecule has 1 aromatic carbocycles. The van der Waals surface area contributed by atoms with Crippen molar-refractivity contribution in [2.24, 2.45) is 4.99 Å². The second-order valence-corrected chi connectivity index (χ2v) is 6.84. The first-order valence-corrected chi connectivity index (χ1v) is 9.04. The molecule has 0 aromatic heterocycles. The smallest absolute Gasteiger partial charge is 0.387 e.